The quantitative estimate of drug-likeness (QED) is 0.280. The highest BCUT2D eigenvalue weighted by Crippen LogP contribution is 2.14. The van der Waals surface area contributed by atoms with Gasteiger partial charge in [-0.3, -0.25) is 9.89 Å². The standard InChI is InChI=1S/C17H30ClN5O.HI/c1-19-17(22(3)14-16-12-15(18)13-21(16)2)20-6-4-5-7-23-8-10-24-11-9-23;/h12-13H,4-11,14H2,1-3H3,(H,19,20);1H. The third kappa shape index (κ3) is 7.72. The molecule has 0 saturated carbocycles. The van der Waals surface area contributed by atoms with Crippen molar-refractivity contribution in [3.63, 3.8) is 0 Å². The molecule has 25 heavy (non-hydrogen) atoms. The highest BCUT2D eigenvalue weighted by Gasteiger charge is 2.11. The summed E-state index contributed by atoms with van der Waals surface area (Å²) in [5.74, 6) is 0.915. The highest BCUT2D eigenvalue weighted by atomic mass is 127. The van der Waals surface area contributed by atoms with Gasteiger partial charge in [0, 0.05) is 52.7 Å². The summed E-state index contributed by atoms with van der Waals surface area (Å²) in [5.41, 5.74) is 1.16. The zero-order valence-corrected chi connectivity index (χ0v) is 18.6. The Hall–Kier alpha value is -0.510. The first-order valence-corrected chi connectivity index (χ1v) is 9.00. The average Bonchev–Trinajstić information content (AvgIpc) is 2.89. The topological polar surface area (TPSA) is 45.0 Å². The number of rotatable bonds is 7. The first-order valence-electron chi connectivity index (χ1n) is 8.63. The number of nitrogens with one attached hydrogen (secondary N) is 1. The van der Waals surface area contributed by atoms with E-state index in [0.717, 1.165) is 69.0 Å². The zero-order chi connectivity index (χ0) is 17.4. The molecule has 6 nitrogen and oxygen atoms in total. The molecule has 2 rings (SSSR count). The smallest absolute Gasteiger partial charge is 0.193 e. The molecular formula is C17H31ClIN5O. The number of halogens is 2. The molecule has 0 aliphatic carbocycles. The lowest BCUT2D eigenvalue weighted by atomic mass is 10.2. The second kappa shape index (κ2) is 12.0. The van der Waals surface area contributed by atoms with Crippen molar-refractivity contribution < 1.29 is 4.74 Å². The molecule has 0 spiro atoms. The summed E-state index contributed by atoms with van der Waals surface area (Å²) in [4.78, 5) is 8.96. The van der Waals surface area contributed by atoms with Crippen LogP contribution in [0.15, 0.2) is 17.3 Å². The number of ether oxygens (including phenoxy) is 1. The van der Waals surface area contributed by atoms with Gasteiger partial charge in [-0.25, -0.2) is 0 Å². The number of guanidine groups is 1. The van der Waals surface area contributed by atoms with Crippen LogP contribution >= 0.6 is 35.6 Å². The second-order valence-electron chi connectivity index (χ2n) is 6.25. The van der Waals surface area contributed by atoms with Crippen molar-refractivity contribution in [2.24, 2.45) is 12.0 Å². The molecule has 144 valence electrons. The van der Waals surface area contributed by atoms with Gasteiger partial charge in [0.25, 0.3) is 0 Å². The van der Waals surface area contributed by atoms with Gasteiger partial charge in [0.2, 0.25) is 0 Å². The monoisotopic (exact) mass is 483 g/mol. The van der Waals surface area contributed by atoms with E-state index in [1.807, 2.05) is 33.4 Å². The molecule has 1 N–H and O–H groups in total. The van der Waals surface area contributed by atoms with Crippen LogP contribution in [0.2, 0.25) is 5.02 Å². The number of aryl methyl sites for hydroxylation is 1. The van der Waals surface area contributed by atoms with Gasteiger partial charge in [0.15, 0.2) is 5.96 Å². The van der Waals surface area contributed by atoms with Gasteiger partial charge in [-0.15, -0.1) is 24.0 Å². The van der Waals surface area contributed by atoms with Crippen molar-refractivity contribution in [2.45, 2.75) is 19.4 Å². The zero-order valence-electron chi connectivity index (χ0n) is 15.5. The van der Waals surface area contributed by atoms with E-state index in [1.54, 1.807) is 0 Å². The molecule has 1 saturated heterocycles. The number of unbranched alkanes of at least 4 members (excludes halogenated alkanes) is 1. The van der Waals surface area contributed by atoms with Gasteiger partial charge in [0.1, 0.15) is 0 Å². The SMILES string of the molecule is CN=C(NCCCCN1CCOCC1)N(C)Cc1cc(Cl)cn1C.I. The molecule has 1 aromatic rings. The Bertz CT molecular complexity index is 531. The van der Waals surface area contributed by atoms with Crippen LogP contribution in [-0.2, 0) is 18.3 Å². The first-order chi connectivity index (χ1) is 11.6. The largest absolute Gasteiger partial charge is 0.379 e. The van der Waals surface area contributed by atoms with Gasteiger partial charge in [0.05, 0.1) is 24.8 Å². The Kier molecular flexibility index (Phi) is 10.8. The summed E-state index contributed by atoms with van der Waals surface area (Å²) in [6.45, 7) is 6.75. The van der Waals surface area contributed by atoms with Gasteiger partial charge >= 0.3 is 0 Å². The van der Waals surface area contributed by atoms with Gasteiger partial charge in [-0.05, 0) is 25.5 Å². The van der Waals surface area contributed by atoms with E-state index in [4.69, 9.17) is 16.3 Å². The lowest BCUT2D eigenvalue weighted by Crippen LogP contribution is -2.40. The molecule has 0 bridgehead atoms. The van der Waals surface area contributed by atoms with Gasteiger partial charge < -0.3 is 19.5 Å². The summed E-state index contributed by atoms with van der Waals surface area (Å²) >= 11 is 6.05. The average molecular weight is 484 g/mol. The van der Waals surface area contributed by atoms with E-state index < -0.39 is 0 Å². The molecule has 0 atom stereocenters. The highest BCUT2D eigenvalue weighted by molar-refractivity contribution is 14.0. The minimum atomic E-state index is 0. The lowest BCUT2D eigenvalue weighted by molar-refractivity contribution is 0.0372. The van der Waals surface area contributed by atoms with E-state index in [1.165, 1.54) is 6.42 Å². The van der Waals surface area contributed by atoms with Crippen LogP contribution < -0.4 is 5.32 Å². The number of aromatic nitrogens is 1. The molecule has 0 radical (unpaired) electrons. The van der Waals surface area contributed by atoms with Crippen LogP contribution in [0.3, 0.4) is 0 Å². The fraction of sp³-hybridized carbons (Fsp3) is 0.706. The molecule has 0 unspecified atom stereocenters. The fourth-order valence-corrected chi connectivity index (χ4v) is 3.18. The molecule has 2 heterocycles. The maximum Gasteiger partial charge on any atom is 0.193 e. The third-order valence-corrected chi connectivity index (χ3v) is 4.54. The molecule has 1 aromatic heterocycles. The summed E-state index contributed by atoms with van der Waals surface area (Å²) in [5, 5.41) is 4.21. The van der Waals surface area contributed by atoms with E-state index in [-0.39, 0.29) is 24.0 Å². The molecule has 1 aliphatic heterocycles. The maximum atomic E-state index is 6.05. The van der Waals surface area contributed by atoms with Crippen LogP contribution in [0.25, 0.3) is 0 Å². The van der Waals surface area contributed by atoms with Crippen LogP contribution in [0.5, 0.6) is 0 Å². The van der Waals surface area contributed by atoms with E-state index in [0.29, 0.717) is 0 Å². The normalized spacial score (nSPS) is 15.8. The van der Waals surface area contributed by atoms with Gasteiger partial charge in [-0.2, -0.15) is 0 Å². The fourth-order valence-electron chi connectivity index (χ4n) is 2.91. The number of nitrogens with zero attached hydrogens (tertiary/aromatic N) is 4. The molecule has 8 heteroatoms. The maximum absolute atomic E-state index is 6.05. The Labute approximate surface area is 173 Å². The molecule has 1 fully saturated rings. The summed E-state index contributed by atoms with van der Waals surface area (Å²) < 4.78 is 7.42. The third-order valence-electron chi connectivity index (χ3n) is 4.33. The lowest BCUT2D eigenvalue weighted by Gasteiger charge is -2.26. The molecule has 0 aromatic carbocycles. The minimum Gasteiger partial charge on any atom is -0.379 e. The minimum absolute atomic E-state index is 0. The Balaban J connectivity index is 0.00000312. The van der Waals surface area contributed by atoms with Crippen molar-refractivity contribution in [1.82, 2.24) is 19.7 Å². The van der Waals surface area contributed by atoms with E-state index in [9.17, 15) is 0 Å². The van der Waals surface area contributed by atoms with Crippen LogP contribution in [-0.4, -0.2) is 73.8 Å². The van der Waals surface area contributed by atoms with E-state index >= 15 is 0 Å². The predicted molar refractivity (Wildman–Crippen MR) is 115 cm³/mol. The van der Waals surface area contributed by atoms with Crippen molar-refractivity contribution >= 4 is 41.5 Å². The van der Waals surface area contributed by atoms with Gasteiger partial charge in [-0.1, -0.05) is 11.6 Å². The first kappa shape index (κ1) is 22.5. The predicted octanol–water partition coefficient (Wildman–Crippen LogP) is 2.42. The van der Waals surface area contributed by atoms with Crippen molar-refractivity contribution in [1.29, 1.82) is 0 Å². The number of hydrogen-bond acceptors (Lipinski definition) is 3. The van der Waals surface area contributed by atoms with Crippen LogP contribution in [0, 0.1) is 0 Å². The molecular weight excluding hydrogens is 453 g/mol. The van der Waals surface area contributed by atoms with Crippen LogP contribution in [0.4, 0.5) is 0 Å². The van der Waals surface area contributed by atoms with E-state index in [2.05, 4.69) is 24.7 Å². The summed E-state index contributed by atoms with van der Waals surface area (Å²) in [6, 6.07) is 1.99. The number of aliphatic imine (C=N–C) groups is 1. The van der Waals surface area contributed by atoms with Crippen molar-refractivity contribution in [2.75, 3.05) is 53.5 Å². The number of hydrogen-bond donors (Lipinski definition) is 1. The Morgan fingerprint density at radius 2 is 2.08 bits per heavy atom. The van der Waals surface area contributed by atoms with Crippen molar-refractivity contribution in [3.8, 4) is 0 Å². The molecule has 1 aliphatic rings. The molecule has 0 amide bonds. The Morgan fingerprint density at radius 3 is 2.68 bits per heavy atom. The summed E-state index contributed by atoms with van der Waals surface area (Å²) in [7, 11) is 5.88. The van der Waals surface area contributed by atoms with Crippen molar-refractivity contribution in [3.05, 3.63) is 23.0 Å². The number of morpholine rings is 1. The Morgan fingerprint density at radius 1 is 1.36 bits per heavy atom. The van der Waals surface area contributed by atoms with Crippen LogP contribution in [0.1, 0.15) is 18.5 Å². The summed E-state index contributed by atoms with van der Waals surface area (Å²) in [6.07, 6.45) is 4.26. The second-order valence-corrected chi connectivity index (χ2v) is 6.69.